The molecule has 126 valence electrons. The van der Waals surface area contributed by atoms with Crippen LogP contribution in [-0.2, 0) is 7.05 Å². The van der Waals surface area contributed by atoms with Gasteiger partial charge in [0.2, 0.25) is 0 Å². The van der Waals surface area contributed by atoms with Gasteiger partial charge in [-0.3, -0.25) is 9.48 Å². The number of nitrogens with zero attached hydrogens (tertiary/aromatic N) is 2. The van der Waals surface area contributed by atoms with Gasteiger partial charge in [-0.15, -0.1) is 11.3 Å². The van der Waals surface area contributed by atoms with Crippen LogP contribution >= 0.6 is 11.3 Å². The van der Waals surface area contributed by atoms with Crippen LogP contribution in [0.4, 0.5) is 0 Å². The number of thiophene rings is 1. The predicted octanol–water partition coefficient (Wildman–Crippen LogP) is 2.76. The fourth-order valence-corrected chi connectivity index (χ4v) is 3.47. The van der Waals surface area contributed by atoms with Crippen molar-refractivity contribution in [1.82, 2.24) is 15.1 Å². The minimum Gasteiger partial charge on any atom is -0.497 e. The number of rotatable bonds is 6. The number of carbonyl (C=O) groups is 1. The molecule has 2 aromatic heterocycles. The van der Waals surface area contributed by atoms with Crippen LogP contribution in [0.2, 0.25) is 0 Å². The van der Waals surface area contributed by atoms with Gasteiger partial charge in [-0.2, -0.15) is 5.10 Å². The second-order valence-corrected chi connectivity index (χ2v) is 6.35. The van der Waals surface area contributed by atoms with Gasteiger partial charge in [0.1, 0.15) is 22.9 Å². The fourth-order valence-electron chi connectivity index (χ4n) is 2.43. The van der Waals surface area contributed by atoms with Crippen molar-refractivity contribution >= 4 is 27.5 Å². The first kappa shape index (κ1) is 16.3. The third kappa shape index (κ3) is 3.35. The average Bonchev–Trinajstić information content (AvgIpc) is 3.14. The Morgan fingerprint density at radius 1 is 1.33 bits per heavy atom. The number of aryl methyl sites for hydroxylation is 2. The van der Waals surface area contributed by atoms with Crippen LogP contribution in [0.3, 0.4) is 0 Å². The van der Waals surface area contributed by atoms with E-state index in [1.54, 1.807) is 11.8 Å². The van der Waals surface area contributed by atoms with Crippen LogP contribution in [0.15, 0.2) is 30.3 Å². The van der Waals surface area contributed by atoms with E-state index < -0.39 is 0 Å². The molecule has 0 atom stereocenters. The molecule has 3 aromatic rings. The normalized spacial score (nSPS) is 10.8. The van der Waals surface area contributed by atoms with Crippen LogP contribution < -0.4 is 14.8 Å². The Labute approximate surface area is 144 Å². The van der Waals surface area contributed by atoms with E-state index in [1.165, 1.54) is 11.3 Å². The molecule has 1 amide bonds. The second kappa shape index (κ2) is 6.92. The van der Waals surface area contributed by atoms with Gasteiger partial charge < -0.3 is 14.8 Å². The summed E-state index contributed by atoms with van der Waals surface area (Å²) in [6, 6.07) is 9.27. The van der Waals surface area contributed by atoms with Crippen LogP contribution in [-0.4, -0.2) is 35.9 Å². The zero-order valence-corrected chi connectivity index (χ0v) is 14.6. The molecule has 6 nitrogen and oxygen atoms in total. The number of hydrogen-bond acceptors (Lipinski definition) is 5. The molecule has 0 unspecified atom stereocenters. The van der Waals surface area contributed by atoms with Gasteiger partial charge in [-0.05, 0) is 25.1 Å². The summed E-state index contributed by atoms with van der Waals surface area (Å²) in [4.78, 5) is 13.9. The van der Waals surface area contributed by atoms with Gasteiger partial charge >= 0.3 is 0 Å². The van der Waals surface area contributed by atoms with Crippen molar-refractivity contribution in [3.05, 3.63) is 40.9 Å². The highest BCUT2D eigenvalue weighted by atomic mass is 32.1. The molecule has 0 radical (unpaired) electrons. The highest BCUT2D eigenvalue weighted by Crippen LogP contribution is 2.27. The highest BCUT2D eigenvalue weighted by molar-refractivity contribution is 7.20. The van der Waals surface area contributed by atoms with Gasteiger partial charge in [-0.1, -0.05) is 6.07 Å². The lowest BCUT2D eigenvalue weighted by atomic mass is 10.3. The van der Waals surface area contributed by atoms with Crippen molar-refractivity contribution < 1.29 is 14.3 Å². The van der Waals surface area contributed by atoms with Crippen molar-refractivity contribution in [2.45, 2.75) is 6.92 Å². The minimum absolute atomic E-state index is 0.0927. The molecule has 0 aliphatic rings. The molecule has 2 heterocycles. The van der Waals surface area contributed by atoms with Gasteiger partial charge in [-0.25, -0.2) is 0 Å². The molecular weight excluding hydrogens is 326 g/mol. The van der Waals surface area contributed by atoms with Crippen LogP contribution in [0.5, 0.6) is 11.5 Å². The summed E-state index contributed by atoms with van der Waals surface area (Å²) < 4.78 is 12.6. The maximum absolute atomic E-state index is 12.2. The Hall–Kier alpha value is -2.54. The number of hydrogen-bond donors (Lipinski definition) is 1. The molecular formula is C17H19N3O3S. The monoisotopic (exact) mass is 345 g/mol. The number of methoxy groups -OCH3 is 1. The van der Waals surface area contributed by atoms with Gasteiger partial charge in [0.15, 0.2) is 0 Å². The largest absolute Gasteiger partial charge is 0.497 e. The number of amides is 1. The number of aromatic nitrogens is 2. The molecule has 0 aliphatic carbocycles. The first-order valence-corrected chi connectivity index (χ1v) is 8.38. The standard InChI is InChI=1S/C17H19N3O3S/c1-11-14-10-15(24-17(14)20(2)19-11)16(21)18-7-8-23-13-6-4-5-12(9-13)22-3/h4-6,9-10H,7-8H2,1-3H3,(H,18,21). The van der Waals surface area contributed by atoms with Crippen molar-refractivity contribution in [2.75, 3.05) is 20.3 Å². The third-order valence-corrected chi connectivity index (χ3v) is 4.82. The highest BCUT2D eigenvalue weighted by Gasteiger charge is 2.14. The Balaban J connectivity index is 1.54. The maximum atomic E-state index is 12.2. The fraction of sp³-hybridized carbons (Fsp3) is 0.294. The molecule has 7 heteroatoms. The molecule has 0 aliphatic heterocycles. The quantitative estimate of drug-likeness (QED) is 0.698. The first-order valence-electron chi connectivity index (χ1n) is 7.56. The second-order valence-electron chi connectivity index (χ2n) is 5.32. The molecule has 1 aromatic carbocycles. The number of benzene rings is 1. The Kier molecular flexibility index (Phi) is 4.71. The van der Waals surface area contributed by atoms with E-state index in [1.807, 2.05) is 44.3 Å². The van der Waals surface area contributed by atoms with E-state index in [4.69, 9.17) is 9.47 Å². The van der Waals surface area contributed by atoms with Gasteiger partial charge in [0.25, 0.3) is 5.91 Å². The zero-order chi connectivity index (χ0) is 17.1. The van der Waals surface area contributed by atoms with Crippen LogP contribution in [0.1, 0.15) is 15.4 Å². The number of ether oxygens (including phenoxy) is 2. The molecule has 24 heavy (non-hydrogen) atoms. The van der Waals surface area contributed by atoms with Crippen LogP contribution in [0, 0.1) is 6.92 Å². The minimum atomic E-state index is -0.0927. The lowest BCUT2D eigenvalue weighted by molar-refractivity contribution is 0.0951. The van der Waals surface area contributed by atoms with E-state index in [9.17, 15) is 4.79 Å². The number of carbonyl (C=O) groups excluding carboxylic acids is 1. The summed E-state index contributed by atoms with van der Waals surface area (Å²) in [5.74, 6) is 1.36. The lowest BCUT2D eigenvalue weighted by Gasteiger charge is -2.08. The maximum Gasteiger partial charge on any atom is 0.261 e. The molecule has 3 rings (SSSR count). The van der Waals surface area contributed by atoms with Crippen molar-refractivity contribution in [3.8, 4) is 11.5 Å². The molecule has 0 saturated heterocycles. The van der Waals surface area contributed by atoms with Crippen molar-refractivity contribution in [1.29, 1.82) is 0 Å². The third-order valence-electron chi connectivity index (χ3n) is 3.62. The Morgan fingerprint density at radius 2 is 2.12 bits per heavy atom. The zero-order valence-electron chi connectivity index (χ0n) is 13.8. The van der Waals surface area contributed by atoms with E-state index in [0.29, 0.717) is 23.8 Å². The summed E-state index contributed by atoms with van der Waals surface area (Å²) in [7, 11) is 3.50. The average molecular weight is 345 g/mol. The summed E-state index contributed by atoms with van der Waals surface area (Å²) in [5, 5.41) is 8.24. The molecule has 0 fully saturated rings. The topological polar surface area (TPSA) is 65.4 Å². The molecule has 0 spiro atoms. The summed E-state index contributed by atoms with van der Waals surface area (Å²) in [6.45, 7) is 2.77. The SMILES string of the molecule is COc1cccc(OCCNC(=O)c2cc3c(C)nn(C)c3s2)c1. The van der Waals surface area contributed by atoms with Gasteiger partial charge in [0.05, 0.1) is 24.2 Å². The van der Waals surface area contributed by atoms with Gasteiger partial charge in [0, 0.05) is 18.5 Å². The van der Waals surface area contributed by atoms with Crippen molar-refractivity contribution in [2.24, 2.45) is 7.05 Å². The van der Waals surface area contributed by atoms with Crippen molar-refractivity contribution in [3.63, 3.8) is 0 Å². The summed E-state index contributed by atoms with van der Waals surface area (Å²) in [6.07, 6.45) is 0. The van der Waals surface area contributed by atoms with E-state index in [2.05, 4.69) is 10.4 Å². The predicted molar refractivity (Wildman–Crippen MR) is 94.2 cm³/mol. The first-order chi connectivity index (χ1) is 11.6. The molecule has 0 bridgehead atoms. The smallest absolute Gasteiger partial charge is 0.261 e. The van der Waals surface area contributed by atoms with E-state index >= 15 is 0 Å². The van der Waals surface area contributed by atoms with Crippen LogP contribution in [0.25, 0.3) is 10.2 Å². The summed E-state index contributed by atoms with van der Waals surface area (Å²) >= 11 is 1.44. The lowest BCUT2D eigenvalue weighted by Crippen LogP contribution is -2.27. The Bertz CT molecular complexity index is 835. The Morgan fingerprint density at radius 3 is 2.88 bits per heavy atom. The summed E-state index contributed by atoms with van der Waals surface area (Å²) in [5.41, 5.74) is 0.934. The molecule has 1 N–H and O–H groups in total. The van der Waals surface area contributed by atoms with E-state index in [-0.39, 0.29) is 5.91 Å². The molecule has 0 saturated carbocycles. The number of fused-ring (bicyclic) bond motifs is 1. The number of nitrogens with one attached hydrogen (secondary N) is 1. The van der Waals surface area contributed by atoms with E-state index in [0.717, 1.165) is 21.7 Å².